The maximum atomic E-state index is 3.75. The van der Waals surface area contributed by atoms with Gasteiger partial charge in [0.2, 0.25) is 5.84 Å². The maximum absolute atomic E-state index is 3.75. The van der Waals surface area contributed by atoms with E-state index in [4.69, 9.17) is 0 Å². The van der Waals surface area contributed by atoms with Crippen molar-refractivity contribution in [2.75, 3.05) is 6.54 Å². The third-order valence-electron chi connectivity index (χ3n) is 3.54. The number of halogens is 1. The molecular formula is C11H19ClN2. The van der Waals surface area contributed by atoms with E-state index >= 15 is 0 Å². The van der Waals surface area contributed by atoms with Crippen LogP contribution in [-0.2, 0) is 0 Å². The zero-order chi connectivity index (χ0) is 8.67. The Balaban J connectivity index is 0.000000750. The largest absolute Gasteiger partial charge is 1.00 e. The number of hydrogen-bond acceptors (Lipinski definition) is 1. The first-order valence-corrected chi connectivity index (χ1v) is 5.80. The maximum Gasteiger partial charge on any atom is 0.242 e. The van der Waals surface area contributed by atoms with Crippen molar-refractivity contribution in [3.8, 4) is 0 Å². The van der Waals surface area contributed by atoms with Gasteiger partial charge in [0.15, 0.2) is 0 Å². The molecule has 2 N–H and O–H groups in total. The van der Waals surface area contributed by atoms with Gasteiger partial charge < -0.3 is 12.4 Å². The summed E-state index contributed by atoms with van der Waals surface area (Å²) in [7, 11) is 0. The molecule has 0 unspecified atom stereocenters. The SMILES string of the molecule is C1C[NH+]=C(NC(C2CC2)C2CC2)C1.[Cl-]. The van der Waals surface area contributed by atoms with Crippen LogP contribution in [0.4, 0.5) is 0 Å². The van der Waals surface area contributed by atoms with Crippen LogP contribution in [-0.4, -0.2) is 18.4 Å². The van der Waals surface area contributed by atoms with Crippen LogP contribution in [0.15, 0.2) is 0 Å². The van der Waals surface area contributed by atoms with E-state index in [0.717, 1.165) is 17.9 Å². The molecule has 0 atom stereocenters. The lowest BCUT2D eigenvalue weighted by Gasteiger charge is -2.12. The first kappa shape index (κ1) is 10.3. The molecule has 3 rings (SSSR count). The van der Waals surface area contributed by atoms with Crippen LogP contribution in [0.5, 0.6) is 0 Å². The Kier molecular flexibility index (Phi) is 3.01. The Hall–Kier alpha value is -0.240. The minimum Gasteiger partial charge on any atom is -1.00 e. The van der Waals surface area contributed by atoms with Crippen LogP contribution in [0.25, 0.3) is 0 Å². The molecule has 0 aromatic carbocycles. The molecule has 1 aliphatic heterocycles. The van der Waals surface area contributed by atoms with E-state index in [1.807, 2.05) is 0 Å². The molecule has 3 heteroatoms. The first-order valence-electron chi connectivity index (χ1n) is 5.80. The minimum atomic E-state index is 0. The molecule has 0 spiro atoms. The molecule has 0 amide bonds. The van der Waals surface area contributed by atoms with E-state index in [1.54, 1.807) is 0 Å². The molecule has 14 heavy (non-hydrogen) atoms. The first-order chi connectivity index (χ1) is 6.43. The molecule has 3 aliphatic rings. The average Bonchev–Trinajstić information content (AvgIpc) is 3.04. The smallest absolute Gasteiger partial charge is 0.242 e. The monoisotopic (exact) mass is 214 g/mol. The summed E-state index contributed by atoms with van der Waals surface area (Å²) in [6, 6.07) is 0.834. The van der Waals surface area contributed by atoms with Gasteiger partial charge in [-0.15, -0.1) is 0 Å². The molecule has 0 radical (unpaired) electrons. The van der Waals surface area contributed by atoms with Crippen LogP contribution in [0.3, 0.4) is 0 Å². The van der Waals surface area contributed by atoms with Crippen molar-refractivity contribution < 1.29 is 17.4 Å². The fraction of sp³-hybridized carbons (Fsp3) is 0.909. The Bertz CT molecular complexity index is 219. The Morgan fingerprint density at radius 1 is 1.14 bits per heavy atom. The summed E-state index contributed by atoms with van der Waals surface area (Å²) in [5.41, 5.74) is 0. The van der Waals surface area contributed by atoms with E-state index in [1.165, 1.54) is 50.9 Å². The van der Waals surface area contributed by atoms with Crippen molar-refractivity contribution in [2.24, 2.45) is 11.8 Å². The van der Waals surface area contributed by atoms with Gasteiger partial charge in [0.05, 0.1) is 19.0 Å². The normalized spacial score (nSPS) is 25.9. The third kappa shape index (κ3) is 2.22. The molecule has 80 valence electrons. The Morgan fingerprint density at radius 2 is 1.79 bits per heavy atom. The summed E-state index contributed by atoms with van der Waals surface area (Å²) in [5, 5.41) is 3.75. The highest BCUT2D eigenvalue weighted by Crippen LogP contribution is 2.44. The van der Waals surface area contributed by atoms with Crippen molar-refractivity contribution in [1.82, 2.24) is 5.32 Å². The molecule has 0 aromatic heterocycles. The van der Waals surface area contributed by atoms with E-state index in [9.17, 15) is 0 Å². The van der Waals surface area contributed by atoms with Gasteiger partial charge in [-0.25, -0.2) is 0 Å². The molecule has 0 bridgehead atoms. The summed E-state index contributed by atoms with van der Waals surface area (Å²) in [6.45, 7) is 1.18. The molecule has 0 aromatic rings. The van der Waals surface area contributed by atoms with Gasteiger partial charge in [0.25, 0.3) is 0 Å². The van der Waals surface area contributed by atoms with Gasteiger partial charge in [-0.1, -0.05) is 0 Å². The van der Waals surface area contributed by atoms with Gasteiger partial charge >= 0.3 is 0 Å². The van der Waals surface area contributed by atoms with E-state index in [2.05, 4.69) is 10.3 Å². The topological polar surface area (TPSA) is 26.0 Å². The van der Waals surface area contributed by atoms with Gasteiger partial charge in [-0.2, -0.15) is 0 Å². The summed E-state index contributed by atoms with van der Waals surface area (Å²) < 4.78 is 0. The van der Waals surface area contributed by atoms with E-state index < -0.39 is 0 Å². The van der Waals surface area contributed by atoms with E-state index in [-0.39, 0.29) is 12.4 Å². The van der Waals surface area contributed by atoms with Crippen molar-refractivity contribution in [3.63, 3.8) is 0 Å². The predicted octanol–water partition coefficient (Wildman–Crippen LogP) is -2.96. The summed E-state index contributed by atoms with van der Waals surface area (Å²) in [6.07, 6.45) is 8.48. The zero-order valence-corrected chi connectivity index (χ0v) is 9.32. The second-order valence-electron chi connectivity index (χ2n) is 4.85. The minimum absolute atomic E-state index is 0. The molecule has 0 saturated heterocycles. The zero-order valence-electron chi connectivity index (χ0n) is 8.56. The number of amidine groups is 1. The lowest BCUT2D eigenvalue weighted by molar-refractivity contribution is -0.449. The molecule has 2 saturated carbocycles. The van der Waals surface area contributed by atoms with Gasteiger partial charge in [0.1, 0.15) is 0 Å². The number of rotatable bonds is 3. The Morgan fingerprint density at radius 3 is 2.21 bits per heavy atom. The average molecular weight is 215 g/mol. The fourth-order valence-corrected chi connectivity index (χ4v) is 2.45. The number of nitrogens with one attached hydrogen (secondary N) is 2. The van der Waals surface area contributed by atoms with Gasteiger partial charge in [-0.05, 0) is 43.9 Å². The van der Waals surface area contributed by atoms with Crippen molar-refractivity contribution in [1.29, 1.82) is 0 Å². The molecule has 2 fully saturated rings. The lowest BCUT2D eigenvalue weighted by atomic mass is 10.1. The Labute approximate surface area is 92.0 Å². The molecule has 1 heterocycles. The van der Waals surface area contributed by atoms with Crippen LogP contribution >= 0.6 is 0 Å². The summed E-state index contributed by atoms with van der Waals surface area (Å²) in [5.74, 6) is 3.47. The van der Waals surface area contributed by atoms with Crippen LogP contribution < -0.4 is 22.7 Å². The van der Waals surface area contributed by atoms with Crippen molar-refractivity contribution in [3.05, 3.63) is 0 Å². The lowest BCUT2D eigenvalue weighted by Crippen LogP contribution is -3.00. The quantitative estimate of drug-likeness (QED) is 0.516. The second kappa shape index (κ2) is 4.09. The van der Waals surface area contributed by atoms with Crippen molar-refractivity contribution in [2.45, 2.75) is 44.6 Å². The third-order valence-corrected chi connectivity index (χ3v) is 3.54. The second-order valence-corrected chi connectivity index (χ2v) is 4.85. The summed E-state index contributed by atoms with van der Waals surface area (Å²) in [4.78, 5) is 3.46. The highest BCUT2D eigenvalue weighted by atomic mass is 35.5. The van der Waals surface area contributed by atoms with Gasteiger partial charge in [0, 0.05) is 0 Å². The molecule has 2 nitrogen and oxygen atoms in total. The van der Waals surface area contributed by atoms with Crippen molar-refractivity contribution >= 4 is 5.84 Å². The fourth-order valence-electron chi connectivity index (χ4n) is 2.45. The highest BCUT2D eigenvalue weighted by Gasteiger charge is 2.44. The van der Waals surface area contributed by atoms with Crippen LogP contribution in [0.1, 0.15) is 38.5 Å². The van der Waals surface area contributed by atoms with Gasteiger partial charge in [-0.3, -0.25) is 10.3 Å². The van der Waals surface area contributed by atoms with E-state index in [0.29, 0.717) is 0 Å². The summed E-state index contributed by atoms with van der Waals surface area (Å²) >= 11 is 0. The molecular weight excluding hydrogens is 196 g/mol. The van der Waals surface area contributed by atoms with Crippen LogP contribution in [0, 0.1) is 11.8 Å². The standard InChI is InChI=1S/C11H18N2.ClH/c1-2-10(12-7-1)13-11(8-3-4-8)9-5-6-9;/h8-9,11H,1-7H2,(H,12,13);1H. The van der Waals surface area contributed by atoms with Crippen LogP contribution in [0.2, 0.25) is 0 Å². The highest BCUT2D eigenvalue weighted by molar-refractivity contribution is 5.77. The predicted molar refractivity (Wildman–Crippen MR) is 52.4 cm³/mol. The molecule has 2 aliphatic carbocycles. The number of hydrogen-bond donors (Lipinski definition) is 2.